The first-order valence-electron chi connectivity index (χ1n) is 18.4. The van der Waals surface area contributed by atoms with Crippen LogP contribution in [-0.2, 0) is 64.7 Å². The molecule has 54 heavy (non-hydrogen) atoms. The third kappa shape index (κ3) is 10.9. The molecule has 0 bridgehead atoms. The topological polar surface area (TPSA) is 124 Å². The molecule has 13 heteroatoms. The fourth-order valence-corrected chi connectivity index (χ4v) is 11.7. The normalized spacial score (nSPS) is 12.6. The molecule has 0 N–H and O–H groups in total. The molecule has 0 heterocycles. The molecule has 4 rings (SSSR count). The fourth-order valence-electron chi connectivity index (χ4n) is 6.63. The molecule has 0 spiro atoms. The van der Waals surface area contributed by atoms with Crippen LogP contribution in [0, 0.1) is 0 Å². The lowest BCUT2D eigenvalue weighted by Gasteiger charge is -2.37. The molecule has 0 aliphatic heterocycles. The van der Waals surface area contributed by atoms with E-state index in [1.807, 2.05) is 84.9 Å². The highest BCUT2D eigenvalue weighted by molar-refractivity contribution is 7.53. The number of hydrogen-bond acceptors (Lipinski definition) is 10. The van der Waals surface area contributed by atoms with Crippen LogP contribution in [0.15, 0.2) is 97.1 Å². The molecule has 0 unspecified atom stereocenters. The highest BCUT2D eigenvalue weighted by atomic mass is 31.2. The van der Waals surface area contributed by atoms with Crippen LogP contribution in [0.4, 0.5) is 0 Å². The first-order valence-corrected chi connectivity index (χ1v) is 23.6. The summed E-state index contributed by atoms with van der Waals surface area (Å²) in [6.07, 6.45) is 1.14. The molecule has 10 nitrogen and oxygen atoms in total. The van der Waals surface area contributed by atoms with E-state index in [0.717, 1.165) is 45.2 Å². The van der Waals surface area contributed by atoms with Crippen LogP contribution in [-0.4, -0.2) is 45.9 Å². The molecule has 0 aliphatic rings. The standard InChI is InChI=1S/C41H53O10P3/c1-7-46-52(43,47-8-2)30-34-15-23-38(24-16-34)41(37-21-13-33(29-42)14-22-37,39-25-17-35(18-26-39)31-53(44,48-9-3)49-10-4)40-27-19-36(20-28-40)32-54(45,50-11-5)51-12-6/h13-29H,7-12,30-32H2,1-6H3. The average Bonchev–Trinajstić information content (AvgIpc) is 3.14. The number of aldehydes is 1. The Morgan fingerprint density at radius 1 is 0.407 bits per heavy atom. The minimum atomic E-state index is -3.37. The van der Waals surface area contributed by atoms with Crippen LogP contribution in [0.2, 0.25) is 0 Å². The van der Waals surface area contributed by atoms with Crippen molar-refractivity contribution in [1.29, 1.82) is 0 Å². The lowest BCUT2D eigenvalue weighted by atomic mass is 9.65. The maximum absolute atomic E-state index is 13.5. The van der Waals surface area contributed by atoms with Gasteiger partial charge < -0.3 is 27.1 Å². The molecule has 4 aromatic carbocycles. The van der Waals surface area contributed by atoms with Gasteiger partial charge in [-0.1, -0.05) is 97.1 Å². The highest BCUT2D eigenvalue weighted by Crippen LogP contribution is 2.54. The van der Waals surface area contributed by atoms with Crippen molar-refractivity contribution in [3.63, 3.8) is 0 Å². The van der Waals surface area contributed by atoms with E-state index in [2.05, 4.69) is 0 Å². The SMILES string of the molecule is CCOP(=O)(Cc1ccc(C(c2ccc(C=O)cc2)(c2ccc(CP(=O)(OCC)OCC)cc2)c2ccc(CP(=O)(OCC)OCC)cc2)cc1)OCC. The minimum absolute atomic E-state index is 0.110. The first-order chi connectivity index (χ1) is 26.0. The van der Waals surface area contributed by atoms with E-state index >= 15 is 0 Å². The van der Waals surface area contributed by atoms with Gasteiger partial charge >= 0.3 is 22.8 Å². The number of hydrogen-bond donors (Lipinski definition) is 0. The Morgan fingerprint density at radius 3 is 0.833 bits per heavy atom. The summed E-state index contributed by atoms with van der Waals surface area (Å²) < 4.78 is 73.9. The van der Waals surface area contributed by atoms with E-state index in [9.17, 15) is 18.5 Å². The predicted octanol–water partition coefficient (Wildman–Crippen LogP) is 11.2. The number of rotatable bonds is 23. The van der Waals surface area contributed by atoms with Gasteiger partial charge in [-0.05, 0) is 80.5 Å². The van der Waals surface area contributed by atoms with Crippen molar-refractivity contribution >= 4 is 29.1 Å². The lowest BCUT2D eigenvalue weighted by Crippen LogP contribution is -2.31. The van der Waals surface area contributed by atoms with Gasteiger partial charge in [0, 0.05) is 5.56 Å². The highest BCUT2D eigenvalue weighted by Gasteiger charge is 2.39. The molecule has 0 aliphatic carbocycles. The summed E-state index contributed by atoms with van der Waals surface area (Å²) in [5, 5.41) is 0. The van der Waals surface area contributed by atoms with Crippen LogP contribution in [0.25, 0.3) is 0 Å². The Morgan fingerprint density at radius 2 is 0.630 bits per heavy atom. The third-order valence-electron chi connectivity index (χ3n) is 8.72. The summed E-state index contributed by atoms with van der Waals surface area (Å²) in [5.74, 6) is 0. The van der Waals surface area contributed by atoms with Crippen LogP contribution < -0.4 is 0 Å². The van der Waals surface area contributed by atoms with Crippen molar-refractivity contribution < 1.29 is 45.6 Å². The molecule has 0 amide bonds. The van der Waals surface area contributed by atoms with E-state index in [0.29, 0.717) is 5.56 Å². The van der Waals surface area contributed by atoms with Gasteiger partial charge in [-0.25, -0.2) is 0 Å². The van der Waals surface area contributed by atoms with Crippen molar-refractivity contribution in [1.82, 2.24) is 0 Å². The van der Waals surface area contributed by atoms with Crippen molar-refractivity contribution in [2.24, 2.45) is 0 Å². The van der Waals surface area contributed by atoms with E-state index in [1.165, 1.54) is 0 Å². The molecule has 0 saturated heterocycles. The lowest BCUT2D eigenvalue weighted by molar-refractivity contribution is 0.112. The maximum Gasteiger partial charge on any atom is 0.335 e. The zero-order valence-electron chi connectivity index (χ0n) is 32.1. The van der Waals surface area contributed by atoms with Gasteiger partial charge in [-0.2, -0.15) is 0 Å². The number of benzene rings is 4. The Balaban J connectivity index is 1.94. The van der Waals surface area contributed by atoms with Gasteiger partial charge in [-0.3, -0.25) is 18.5 Å². The van der Waals surface area contributed by atoms with Gasteiger partial charge in [0.25, 0.3) is 0 Å². The molecule has 0 atom stereocenters. The molecular formula is C41H53O10P3. The van der Waals surface area contributed by atoms with Crippen molar-refractivity contribution in [3.8, 4) is 0 Å². The third-order valence-corrected chi connectivity index (χ3v) is 14.9. The van der Waals surface area contributed by atoms with Crippen molar-refractivity contribution in [2.75, 3.05) is 39.6 Å². The summed E-state index contributed by atoms with van der Waals surface area (Å²) in [4.78, 5) is 11.8. The Bertz CT molecular complexity index is 1700. The fraction of sp³-hybridized carbons (Fsp3) is 0.390. The zero-order chi connectivity index (χ0) is 39.2. The molecular weight excluding hydrogens is 745 g/mol. The average molecular weight is 799 g/mol. The van der Waals surface area contributed by atoms with Crippen LogP contribution in [0.1, 0.15) is 90.8 Å². The van der Waals surface area contributed by atoms with Gasteiger partial charge in [0.15, 0.2) is 0 Å². The summed E-state index contributed by atoms with van der Waals surface area (Å²) in [7, 11) is -10.1. The largest absolute Gasteiger partial charge is 0.335 e. The predicted molar refractivity (Wildman–Crippen MR) is 214 cm³/mol. The van der Waals surface area contributed by atoms with E-state index < -0.39 is 28.2 Å². The smallest absolute Gasteiger partial charge is 0.309 e. The van der Waals surface area contributed by atoms with Crippen LogP contribution in [0.3, 0.4) is 0 Å². The van der Waals surface area contributed by atoms with Crippen molar-refractivity contribution in [2.45, 2.75) is 65.4 Å². The van der Waals surface area contributed by atoms with Gasteiger partial charge in [0.1, 0.15) is 6.29 Å². The molecule has 0 fully saturated rings. The Labute approximate surface area is 320 Å². The van der Waals surface area contributed by atoms with Crippen LogP contribution in [0.5, 0.6) is 0 Å². The molecule has 0 aromatic heterocycles. The Hall–Kier alpha value is -3.00. The second-order valence-electron chi connectivity index (χ2n) is 12.4. The zero-order valence-corrected chi connectivity index (χ0v) is 34.8. The second kappa shape index (κ2) is 20.2. The monoisotopic (exact) mass is 798 g/mol. The van der Waals surface area contributed by atoms with Gasteiger partial charge in [0.05, 0.1) is 63.5 Å². The quantitative estimate of drug-likeness (QED) is 0.0407. The summed E-state index contributed by atoms with van der Waals surface area (Å²) in [5.41, 5.74) is 5.46. The summed E-state index contributed by atoms with van der Waals surface area (Å²) in [6.45, 7) is 12.3. The Kier molecular flexibility index (Phi) is 16.4. The molecule has 0 saturated carbocycles. The molecule has 292 valence electrons. The minimum Gasteiger partial charge on any atom is -0.309 e. The van der Waals surface area contributed by atoms with E-state index in [4.69, 9.17) is 27.1 Å². The number of carbonyl (C=O) groups is 1. The van der Waals surface area contributed by atoms with Crippen molar-refractivity contribution in [3.05, 3.63) is 142 Å². The van der Waals surface area contributed by atoms with Crippen LogP contribution >= 0.6 is 22.8 Å². The van der Waals surface area contributed by atoms with E-state index in [-0.39, 0.29) is 58.1 Å². The number of carbonyl (C=O) groups excluding carboxylic acids is 1. The molecule has 4 aromatic rings. The summed E-state index contributed by atoms with van der Waals surface area (Å²) >= 11 is 0. The first kappa shape index (κ1) is 43.7. The van der Waals surface area contributed by atoms with E-state index in [1.54, 1.807) is 53.7 Å². The maximum atomic E-state index is 13.5. The molecule has 0 radical (unpaired) electrons. The second-order valence-corrected chi connectivity index (χ2v) is 18.6. The summed E-state index contributed by atoms with van der Waals surface area (Å²) in [6, 6.07) is 31.0. The van der Waals surface area contributed by atoms with Gasteiger partial charge in [-0.15, -0.1) is 0 Å². The van der Waals surface area contributed by atoms with Gasteiger partial charge in [0.2, 0.25) is 0 Å².